The highest BCUT2D eigenvalue weighted by molar-refractivity contribution is 9.10. The molecule has 0 amide bonds. The van der Waals surface area contributed by atoms with Crippen LogP contribution >= 0.6 is 15.9 Å². The van der Waals surface area contributed by atoms with Crippen LogP contribution in [0.4, 0.5) is 5.82 Å². The molecule has 1 aliphatic carbocycles. The predicted molar refractivity (Wildman–Crippen MR) is 67.1 cm³/mol. The molecule has 0 aliphatic heterocycles. The van der Waals surface area contributed by atoms with E-state index in [1.807, 2.05) is 6.20 Å². The van der Waals surface area contributed by atoms with Crippen molar-refractivity contribution in [2.24, 2.45) is 11.8 Å². The van der Waals surface area contributed by atoms with Crippen molar-refractivity contribution in [1.29, 1.82) is 0 Å². The van der Waals surface area contributed by atoms with Gasteiger partial charge in [-0.2, -0.15) is 0 Å². The molecular formula is C12H17BrN2. The second-order valence-corrected chi connectivity index (χ2v) is 5.50. The Labute approximate surface area is 99.6 Å². The fourth-order valence-electron chi connectivity index (χ4n) is 2.12. The van der Waals surface area contributed by atoms with Crippen LogP contribution in [0.5, 0.6) is 0 Å². The normalized spacial score (nSPS) is 24.7. The second-order valence-electron chi connectivity index (χ2n) is 4.64. The molecule has 0 spiro atoms. The second kappa shape index (κ2) is 4.52. The lowest BCUT2D eigenvalue weighted by Crippen LogP contribution is -2.27. The lowest BCUT2D eigenvalue weighted by Gasteiger charge is -2.32. The average molecular weight is 269 g/mol. The molecule has 0 atom stereocenters. The Morgan fingerprint density at radius 3 is 2.87 bits per heavy atom. The molecule has 0 saturated heterocycles. The van der Waals surface area contributed by atoms with E-state index in [1.165, 1.54) is 18.4 Å². The Morgan fingerprint density at radius 1 is 1.53 bits per heavy atom. The minimum absolute atomic E-state index is 0.853. The number of anilines is 1. The number of nitrogens with one attached hydrogen (secondary N) is 1. The maximum atomic E-state index is 4.33. The molecule has 1 fully saturated rings. The van der Waals surface area contributed by atoms with E-state index >= 15 is 0 Å². The summed E-state index contributed by atoms with van der Waals surface area (Å²) in [6, 6.07) is 2.09. The van der Waals surface area contributed by atoms with Crippen LogP contribution in [0, 0.1) is 18.8 Å². The van der Waals surface area contributed by atoms with Gasteiger partial charge >= 0.3 is 0 Å². The van der Waals surface area contributed by atoms with Crippen LogP contribution in [0.2, 0.25) is 0 Å². The number of rotatable bonds is 3. The minimum Gasteiger partial charge on any atom is -0.370 e. The summed E-state index contributed by atoms with van der Waals surface area (Å²) in [6.45, 7) is 5.47. The van der Waals surface area contributed by atoms with Gasteiger partial charge in [-0.1, -0.05) is 6.92 Å². The molecule has 1 aromatic rings. The minimum atomic E-state index is 0.853. The van der Waals surface area contributed by atoms with Crippen molar-refractivity contribution in [3.63, 3.8) is 0 Å². The summed E-state index contributed by atoms with van der Waals surface area (Å²) >= 11 is 3.45. The average Bonchev–Trinajstić information content (AvgIpc) is 2.16. The standard InChI is InChI=1S/C12H17BrN2/c1-8-3-10(4-8)6-14-12-5-9(2)11(13)7-15-12/h5,7-8,10H,3-4,6H2,1-2H3,(H,14,15). The molecule has 0 unspecified atom stereocenters. The highest BCUT2D eigenvalue weighted by atomic mass is 79.9. The van der Waals surface area contributed by atoms with Crippen LogP contribution in [0.3, 0.4) is 0 Å². The van der Waals surface area contributed by atoms with Gasteiger partial charge in [-0.15, -0.1) is 0 Å². The van der Waals surface area contributed by atoms with E-state index in [4.69, 9.17) is 0 Å². The Kier molecular flexibility index (Phi) is 3.29. The van der Waals surface area contributed by atoms with Gasteiger partial charge in [-0.25, -0.2) is 4.98 Å². The third-order valence-electron chi connectivity index (χ3n) is 3.09. The Hall–Kier alpha value is -0.570. The molecule has 1 N–H and O–H groups in total. The molecule has 1 aromatic heterocycles. The van der Waals surface area contributed by atoms with Crippen molar-refractivity contribution in [1.82, 2.24) is 4.98 Å². The first-order valence-corrected chi connectivity index (χ1v) is 6.30. The first-order chi connectivity index (χ1) is 7.15. The number of pyridine rings is 1. The predicted octanol–water partition coefficient (Wildman–Crippen LogP) is 3.61. The number of aromatic nitrogens is 1. The number of hydrogen-bond donors (Lipinski definition) is 1. The summed E-state index contributed by atoms with van der Waals surface area (Å²) in [5.74, 6) is 2.78. The highest BCUT2D eigenvalue weighted by Crippen LogP contribution is 2.32. The molecule has 2 rings (SSSR count). The molecule has 1 aliphatic rings. The maximum absolute atomic E-state index is 4.33. The quantitative estimate of drug-likeness (QED) is 0.906. The van der Waals surface area contributed by atoms with Crippen LogP contribution in [-0.2, 0) is 0 Å². The molecule has 0 aromatic carbocycles. The zero-order chi connectivity index (χ0) is 10.8. The van der Waals surface area contributed by atoms with Gasteiger partial charge in [0.25, 0.3) is 0 Å². The maximum Gasteiger partial charge on any atom is 0.126 e. The number of halogens is 1. The summed E-state index contributed by atoms with van der Waals surface area (Å²) in [7, 11) is 0. The van der Waals surface area contributed by atoms with Gasteiger partial charge in [0.1, 0.15) is 5.82 Å². The third-order valence-corrected chi connectivity index (χ3v) is 3.92. The van der Waals surface area contributed by atoms with Gasteiger partial charge < -0.3 is 5.32 Å². The summed E-state index contributed by atoms with van der Waals surface area (Å²) < 4.78 is 1.07. The number of aryl methyl sites for hydroxylation is 1. The highest BCUT2D eigenvalue weighted by Gasteiger charge is 2.24. The van der Waals surface area contributed by atoms with Crippen molar-refractivity contribution in [2.45, 2.75) is 26.7 Å². The van der Waals surface area contributed by atoms with Crippen molar-refractivity contribution in [3.05, 3.63) is 22.3 Å². The summed E-state index contributed by atoms with van der Waals surface area (Å²) in [5.41, 5.74) is 1.23. The van der Waals surface area contributed by atoms with Gasteiger partial charge in [0.05, 0.1) is 0 Å². The van der Waals surface area contributed by atoms with Gasteiger partial charge in [0.2, 0.25) is 0 Å². The zero-order valence-electron chi connectivity index (χ0n) is 9.26. The molecule has 1 saturated carbocycles. The number of nitrogens with zero attached hydrogens (tertiary/aromatic N) is 1. The van der Waals surface area contributed by atoms with Crippen molar-refractivity contribution < 1.29 is 0 Å². The monoisotopic (exact) mass is 268 g/mol. The Morgan fingerprint density at radius 2 is 2.27 bits per heavy atom. The Balaban J connectivity index is 1.86. The lowest BCUT2D eigenvalue weighted by atomic mass is 9.76. The molecule has 1 heterocycles. The topological polar surface area (TPSA) is 24.9 Å². The van der Waals surface area contributed by atoms with Crippen LogP contribution in [0.25, 0.3) is 0 Å². The van der Waals surface area contributed by atoms with E-state index in [9.17, 15) is 0 Å². The SMILES string of the molecule is Cc1cc(NCC2CC(C)C2)ncc1Br. The van der Waals surface area contributed by atoms with Gasteiger partial charge in [0, 0.05) is 17.2 Å². The van der Waals surface area contributed by atoms with Gasteiger partial charge in [0.15, 0.2) is 0 Å². The Bertz CT molecular complexity index is 345. The first-order valence-electron chi connectivity index (χ1n) is 5.51. The van der Waals surface area contributed by atoms with Gasteiger partial charge in [-0.05, 0) is 59.2 Å². The first kappa shape index (κ1) is 10.9. The lowest BCUT2D eigenvalue weighted by molar-refractivity contribution is 0.225. The molecule has 0 radical (unpaired) electrons. The molecule has 82 valence electrons. The van der Waals surface area contributed by atoms with Crippen LogP contribution in [0.15, 0.2) is 16.7 Å². The largest absolute Gasteiger partial charge is 0.370 e. The van der Waals surface area contributed by atoms with E-state index in [1.54, 1.807) is 0 Å². The summed E-state index contributed by atoms with van der Waals surface area (Å²) in [5, 5.41) is 3.40. The molecular weight excluding hydrogens is 252 g/mol. The number of hydrogen-bond acceptors (Lipinski definition) is 2. The smallest absolute Gasteiger partial charge is 0.126 e. The molecule has 0 bridgehead atoms. The van der Waals surface area contributed by atoms with Crippen LogP contribution in [-0.4, -0.2) is 11.5 Å². The van der Waals surface area contributed by atoms with Crippen molar-refractivity contribution >= 4 is 21.7 Å². The van der Waals surface area contributed by atoms with Crippen molar-refractivity contribution in [2.75, 3.05) is 11.9 Å². The fraction of sp³-hybridized carbons (Fsp3) is 0.583. The summed E-state index contributed by atoms with van der Waals surface area (Å²) in [4.78, 5) is 4.33. The van der Waals surface area contributed by atoms with Crippen LogP contribution < -0.4 is 5.32 Å². The third kappa shape index (κ3) is 2.71. The molecule has 15 heavy (non-hydrogen) atoms. The van der Waals surface area contributed by atoms with Gasteiger partial charge in [-0.3, -0.25) is 0 Å². The fourth-order valence-corrected chi connectivity index (χ4v) is 2.34. The van der Waals surface area contributed by atoms with E-state index in [0.717, 1.165) is 28.7 Å². The van der Waals surface area contributed by atoms with E-state index < -0.39 is 0 Å². The van der Waals surface area contributed by atoms with Crippen LogP contribution in [0.1, 0.15) is 25.3 Å². The van der Waals surface area contributed by atoms with E-state index in [-0.39, 0.29) is 0 Å². The van der Waals surface area contributed by atoms with Crippen molar-refractivity contribution in [3.8, 4) is 0 Å². The summed E-state index contributed by atoms with van der Waals surface area (Å²) in [6.07, 6.45) is 4.59. The van der Waals surface area contributed by atoms with E-state index in [0.29, 0.717) is 0 Å². The van der Waals surface area contributed by atoms with E-state index in [2.05, 4.69) is 46.1 Å². The molecule has 2 nitrogen and oxygen atoms in total. The zero-order valence-corrected chi connectivity index (χ0v) is 10.8. The molecule has 3 heteroatoms.